The van der Waals surface area contributed by atoms with Crippen molar-refractivity contribution in [3.05, 3.63) is 90.5 Å². The fraction of sp³-hybridized carbons (Fsp3) is 0.185. The summed E-state index contributed by atoms with van der Waals surface area (Å²) in [4.78, 5) is 12.9. The van der Waals surface area contributed by atoms with E-state index in [1.54, 1.807) is 60.7 Å². The number of amides is 1. The van der Waals surface area contributed by atoms with E-state index in [-0.39, 0.29) is 10.6 Å². The first-order valence-electron chi connectivity index (χ1n) is 11.3. The molecule has 0 radical (unpaired) electrons. The maximum absolute atomic E-state index is 13.5. The molecule has 1 amide bonds. The number of methoxy groups -OCH3 is 2. The van der Waals surface area contributed by atoms with Crippen molar-refractivity contribution in [1.29, 1.82) is 0 Å². The Morgan fingerprint density at radius 2 is 1.70 bits per heavy atom. The van der Waals surface area contributed by atoms with Gasteiger partial charge in [-0.15, -0.1) is 0 Å². The minimum atomic E-state index is -4.09. The highest BCUT2D eigenvalue weighted by molar-refractivity contribution is 7.92. The molecule has 0 aliphatic carbocycles. The zero-order chi connectivity index (χ0) is 26.8. The second kappa shape index (κ2) is 12.6. The normalized spacial score (nSPS) is 11.1. The van der Waals surface area contributed by atoms with Gasteiger partial charge in [-0.1, -0.05) is 36.9 Å². The van der Waals surface area contributed by atoms with Crippen molar-refractivity contribution in [2.24, 2.45) is 5.10 Å². The number of carbonyl (C=O) groups excluding carboxylic acids is 1. The lowest BCUT2D eigenvalue weighted by atomic mass is 10.2. The van der Waals surface area contributed by atoms with Gasteiger partial charge in [0.05, 0.1) is 31.0 Å². The van der Waals surface area contributed by atoms with Crippen LogP contribution in [0.15, 0.2) is 89.4 Å². The molecule has 10 heteroatoms. The first-order chi connectivity index (χ1) is 17.8. The third-order valence-electron chi connectivity index (χ3n) is 5.17. The smallest absolute Gasteiger partial charge is 0.264 e. The Labute approximate surface area is 217 Å². The molecule has 0 atom stereocenters. The lowest BCUT2D eigenvalue weighted by Crippen LogP contribution is -2.39. The second-order valence-corrected chi connectivity index (χ2v) is 9.67. The van der Waals surface area contributed by atoms with Crippen LogP contribution in [0.25, 0.3) is 0 Å². The average molecular weight is 524 g/mol. The number of ether oxygens (including phenoxy) is 3. The molecule has 3 rings (SSSR count). The van der Waals surface area contributed by atoms with Gasteiger partial charge < -0.3 is 14.2 Å². The molecule has 3 aromatic rings. The molecular weight excluding hydrogens is 494 g/mol. The monoisotopic (exact) mass is 523 g/mol. The van der Waals surface area contributed by atoms with E-state index in [0.29, 0.717) is 29.4 Å². The molecular formula is C27H29N3O6S. The van der Waals surface area contributed by atoms with E-state index in [1.165, 1.54) is 32.6 Å². The van der Waals surface area contributed by atoms with Crippen LogP contribution in [-0.2, 0) is 14.8 Å². The Morgan fingerprint density at radius 3 is 2.38 bits per heavy atom. The summed E-state index contributed by atoms with van der Waals surface area (Å²) in [6.45, 7) is 5.24. The molecule has 0 aromatic heterocycles. The number of sulfonamides is 1. The molecule has 0 bridgehead atoms. The number of benzene rings is 3. The van der Waals surface area contributed by atoms with Crippen molar-refractivity contribution < 1.29 is 27.4 Å². The second-order valence-electron chi connectivity index (χ2n) is 7.80. The van der Waals surface area contributed by atoms with Gasteiger partial charge in [0.15, 0.2) is 11.5 Å². The van der Waals surface area contributed by atoms with Crippen LogP contribution in [0, 0.1) is 6.92 Å². The number of hydrazone groups is 1. The van der Waals surface area contributed by atoms with Gasteiger partial charge in [0.1, 0.15) is 18.9 Å². The SMILES string of the molecule is C=CCOc1ccc(/C=N\NC(=O)CN(c2cc(C)ccc2OC)S(=O)(=O)c2ccccc2)cc1OC. The molecule has 1 N–H and O–H groups in total. The van der Waals surface area contributed by atoms with E-state index in [0.717, 1.165) is 9.87 Å². The lowest BCUT2D eigenvalue weighted by Gasteiger charge is -2.25. The van der Waals surface area contributed by atoms with Crippen LogP contribution in [0.1, 0.15) is 11.1 Å². The van der Waals surface area contributed by atoms with Crippen molar-refractivity contribution >= 4 is 27.8 Å². The van der Waals surface area contributed by atoms with Crippen molar-refractivity contribution in [2.45, 2.75) is 11.8 Å². The Kier molecular flexibility index (Phi) is 9.28. The number of carbonyl (C=O) groups is 1. The minimum Gasteiger partial charge on any atom is -0.495 e. The number of nitrogens with one attached hydrogen (secondary N) is 1. The highest BCUT2D eigenvalue weighted by Gasteiger charge is 2.29. The summed E-state index contributed by atoms with van der Waals surface area (Å²) in [7, 11) is -1.14. The van der Waals surface area contributed by atoms with Crippen molar-refractivity contribution in [3.8, 4) is 17.2 Å². The van der Waals surface area contributed by atoms with E-state index in [2.05, 4.69) is 17.1 Å². The van der Waals surface area contributed by atoms with Gasteiger partial charge in [0.25, 0.3) is 15.9 Å². The zero-order valence-electron chi connectivity index (χ0n) is 20.9. The molecule has 0 aliphatic heterocycles. The predicted molar refractivity (Wildman–Crippen MR) is 143 cm³/mol. The molecule has 37 heavy (non-hydrogen) atoms. The van der Waals surface area contributed by atoms with Crippen LogP contribution in [0.5, 0.6) is 17.2 Å². The molecule has 9 nitrogen and oxygen atoms in total. The summed E-state index contributed by atoms with van der Waals surface area (Å²) in [6, 6.07) is 18.1. The molecule has 0 heterocycles. The van der Waals surface area contributed by atoms with E-state index in [9.17, 15) is 13.2 Å². The van der Waals surface area contributed by atoms with Crippen molar-refractivity contribution in [3.63, 3.8) is 0 Å². The molecule has 0 fully saturated rings. The van der Waals surface area contributed by atoms with Crippen LogP contribution in [-0.4, -0.2) is 47.9 Å². The Balaban J connectivity index is 1.84. The molecule has 0 spiro atoms. The highest BCUT2D eigenvalue weighted by Crippen LogP contribution is 2.33. The minimum absolute atomic E-state index is 0.0423. The van der Waals surface area contributed by atoms with E-state index in [1.807, 2.05) is 6.92 Å². The Morgan fingerprint density at radius 1 is 1.00 bits per heavy atom. The third kappa shape index (κ3) is 6.89. The standard InChI is InChI=1S/C27H29N3O6S/c1-5-15-36-25-14-12-21(17-26(25)35-4)18-28-29-27(31)19-30(23-16-20(2)11-13-24(23)34-3)37(32,33)22-9-7-6-8-10-22/h5-14,16-18H,1,15,19H2,2-4H3,(H,29,31)/b28-18-. The average Bonchev–Trinajstić information content (AvgIpc) is 2.91. The van der Waals surface area contributed by atoms with Crippen LogP contribution in [0.4, 0.5) is 5.69 Å². The maximum atomic E-state index is 13.5. The van der Waals surface area contributed by atoms with Crippen LogP contribution < -0.4 is 23.9 Å². The van der Waals surface area contributed by atoms with Crippen molar-refractivity contribution in [2.75, 3.05) is 31.7 Å². The van der Waals surface area contributed by atoms with Gasteiger partial charge in [-0.25, -0.2) is 13.8 Å². The number of hydrogen-bond donors (Lipinski definition) is 1. The molecule has 0 unspecified atom stereocenters. The quantitative estimate of drug-likeness (QED) is 0.219. The first kappa shape index (κ1) is 27.3. The van der Waals surface area contributed by atoms with Crippen LogP contribution in [0.2, 0.25) is 0 Å². The summed E-state index contributed by atoms with van der Waals surface area (Å²) in [5, 5.41) is 3.98. The molecule has 194 valence electrons. The van der Waals surface area contributed by atoms with Gasteiger partial charge in [0, 0.05) is 0 Å². The maximum Gasteiger partial charge on any atom is 0.264 e. The topological polar surface area (TPSA) is 107 Å². The van der Waals surface area contributed by atoms with Gasteiger partial charge in [-0.2, -0.15) is 5.10 Å². The van der Waals surface area contributed by atoms with Gasteiger partial charge in [-0.05, 0) is 60.5 Å². The number of hydrogen-bond acceptors (Lipinski definition) is 7. The summed E-state index contributed by atoms with van der Waals surface area (Å²) in [5.74, 6) is 0.700. The molecule has 0 saturated carbocycles. The van der Waals surface area contributed by atoms with E-state index >= 15 is 0 Å². The Hall–Kier alpha value is -4.31. The zero-order valence-corrected chi connectivity index (χ0v) is 21.7. The molecule has 3 aromatic carbocycles. The van der Waals surface area contributed by atoms with E-state index < -0.39 is 22.5 Å². The number of rotatable bonds is 12. The van der Waals surface area contributed by atoms with Gasteiger partial charge in [0.2, 0.25) is 0 Å². The highest BCUT2D eigenvalue weighted by atomic mass is 32.2. The number of anilines is 1. The fourth-order valence-corrected chi connectivity index (χ4v) is 4.84. The molecule has 0 aliphatic rings. The lowest BCUT2D eigenvalue weighted by molar-refractivity contribution is -0.119. The summed E-state index contributed by atoms with van der Waals surface area (Å²) < 4.78 is 44.3. The van der Waals surface area contributed by atoms with Crippen LogP contribution >= 0.6 is 0 Å². The van der Waals surface area contributed by atoms with E-state index in [4.69, 9.17) is 14.2 Å². The summed E-state index contributed by atoms with van der Waals surface area (Å²) in [6.07, 6.45) is 3.04. The van der Waals surface area contributed by atoms with Gasteiger partial charge in [-0.3, -0.25) is 9.10 Å². The fourth-order valence-electron chi connectivity index (χ4n) is 3.39. The summed E-state index contributed by atoms with van der Waals surface area (Å²) in [5.41, 5.74) is 4.07. The number of nitrogens with zero attached hydrogens (tertiary/aromatic N) is 2. The first-order valence-corrected chi connectivity index (χ1v) is 12.7. The third-order valence-corrected chi connectivity index (χ3v) is 6.94. The predicted octanol–water partition coefficient (Wildman–Crippen LogP) is 3.92. The largest absolute Gasteiger partial charge is 0.495 e. The Bertz CT molecular complexity index is 1370. The molecule has 0 saturated heterocycles. The van der Waals surface area contributed by atoms with Gasteiger partial charge >= 0.3 is 0 Å². The van der Waals surface area contributed by atoms with Crippen molar-refractivity contribution in [1.82, 2.24) is 5.43 Å². The summed E-state index contributed by atoms with van der Waals surface area (Å²) >= 11 is 0. The number of aryl methyl sites for hydroxylation is 1. The van der Waals surface area contributed by atoms with Crippen LogP contribution in [0.3, 0.4) is 0 Å².